The topological polar surface area (TPSA) is 101 Å². The molecule has 2 aromatic heterocycles. The minimum atomic E-state index is -0.665. The summed E-state index contributed by atoms with van der Waals surface area (Å²) >= 11 is 0. The maximum absolute atomic E-state index is 12.8. The fraction of sp³-hybridized carbons (Fsp3) is 0.333. The predicted octanol–water partition coefficient (Wildman–Crippen LogP) is 1.23. The van der Waals surface area contributed by atoms with Crippen molar-refractivity contribution in [2.24, 2.45) is 7.05 Å². The van der Waals surface area contributed by atoms with E-state index in [0.717, 1.165) is 23.9 Å². The number of likely N-dealkylation sites (tertiary alicyclic amines) is 1. The lowest BCUT2D eigenvalue weighted by Gasteiger charge is -2.31. The van der Waals surface area contributed by atoms with E-state index in [2.05, 4.69) is 9.97 Å². The van der Waals surface area contributed by atoms with Gasteiger partial charge < -0.3 is 13.9 Å². The summed E-state index contributed by atoms with van der Waals surface area (Å²) in [5.74, 6) is 0.201. The third-order valence-electron chi connectivity index (χ3n) is 4.71. The van der Waals surface area contributed by atoms with E-state index >= 15 is 0 Å². The van der Waals surface area contributed by atoms with Gasteiger partial charge in [-0.15, -0.1) is 0 Å². The van der Waals surface area contributed by atoms with Gasteiger partial charge in [-0.2, -0.15) is 0 Å². The molecule has 0 radical (unpaired) electrons. The van der Waals surface area contributed by atoms with Gasteiger partial charge in [0.1, 0.15) is 11.1 Å². The highest BCUT2D eigenvalue weighted by Crippen LogP contribution is 2.29. The van der Waals surface area contributed by atoms with Crippen molar-refractivity contribution < 1.29 is 9.21 Å². The lowest BCUT2D eigenvalue weighted by Crippen LogP contribution is -2.43. The van der Waals surface area contributed by atoms with E-state index in [-0.39, 0.29) is 17.4 Å². The largest absolute Gasteiger partial charge is 0.440 e. The second-order valence-electron chi connectivity index (χ2n) is 6.52. The first-order chi connectivity index (χ1) is 12.5. The van der Waals surface area contributed by atoms with Gasteiger partial charge in [-0.25, -0.2) is 9.78 Å². The average Bonchev–Trinajstić information content (AvgIpc) is 3.08. The zero-order chi connectivity index (χ0) is 18.3. The molecule has 0 saturated carbocycles. The summed E-state index contributed by atoms with van der Waals surface area (Å²) in [6, 6.07) is 7.54. The number of para-hydroxylation sites is 2. The Morgan fingerprint density at radius 2 is 2.12 bits per heavy atom. The van der Waals surface area contributed by atoms with Crippen LogP contribution in [0.4, 0.5) is 0 Å². The summed E-state index contributed by atoms with van der Waals surface area (Å²) in [6.07, 6.45) is 2.94. The van der Waals surface area contributed by atoms with Gasteiger partial charge in [-0.3, -0.25) is 14.6 Å². The minimum Gasteiger partial charge on any atom is -0.440 e. The summed E-state index contributed by atoms with van der Waals surface area (Å²) in [5, 5.41) is 0. The van der Waals surface area contributed by atoms with E-state index in [1.54, 1.807) is 4.90 Å². The first kappa shape index (κ1) is 16.3. The number of hydrogen-bond acceptors (Lipinski definition) is 5. The predicted molar refractivity (Wildman–Crippen MR) is 94.2 cm³/mol. The van der Waals surface area contributed by atoms with Gasteiger partial charge in [0.25, 0.3) is 11.5 Å². The Morgan fingerprint density at radius 1 is 1.31 bits per heavy atom. The number of aromatic amines is 1. The molecule has 0 bridgehead atoms. The highest BCUT2D eigenvalue weighted by molar-refractivity contribution is 5.93. The molecule has 4 rings (SSSR count). The number of carbonyl (C=O) groups excluding carboxylic acids is 1. The van der Waals surface area contributed by atoms with Crippen LogP contribution in [0.5, 0.6) is 0 Å². The SMILES string of the molecule is Cn1cc(C(=O)N2CCCC(c3nc4ccccc4o3)C2)c(=O)[nH]c1=O. The van der Waals surface area contributed by atoms with Crippen LogP contribution in [0.2, 0.25) is 0 Å². The number of aryl methyl sites for hydroxylation is 1. The molecule has 1 aromatic carbocycles. The fourth-order valence-corrected chi connectivity index (χ4v) is 3.31. The van der Waals surface area contributed by atoms with E-state index in [1.165, 1.54) is 17.8 Å². The Kier molecular flexibility index (Phi) is 3.95. The molecule has 134 valence electrons. The number of benzene rings is 1. The standard InChI is InChI=1S/C18H18N4O4/c1-21-10-12(15(23)20-18(21)25)17(24)22-8-4-5-11(9-22)16-19-13-6-2-3-7-14(13)26-16/h2-3,6-7,10-11H,4-5,8-9H2,1H3,(H,20,23,25). The quantitative estimate of drug-likeness (QED) is 0.746. The van der Waals surface area contributed by atoms with Crippen LogP contribution in [0.25, 0.3) is 11.1 Å². The number of piperidine rings is 1. The second-order valence-corrected chi connectivity index (χ2v) is 6.52. The van der Waals surface area contributed by atoms with Crippen molar-refractivity contribution in [3.63, 3.8) is 0 Å². The number of fused-ring (bicyclic) bond motifs is 1. The molecule has 26 heavy (non-hydrogen) atoms. The molecular formula is C18H18N4O4. The third-order valence-corrected chi connectivity index (χ3v) is 4.71. The second kappa shape index (κ2) is 6.29. The van der Waals surface area contributed by atoms with Gasteiger partial charge in [0.2, 0.25) is 0 Å². The Bertz CT molecular complexity index is 1060. The van der Waals surface area contributed by atoms with Crippen molar-refractivity contribution >= 4 is 17.0 Å². The van der Waals surface area contributed by atoms with Crippen LogP contribution >= 0.6 is 0 Å². The van der Waals surface area contributed by atoms with E-state index in [0.29, 0.717) is 19.0 Å². The van der Waals surface area contributed by atoms with Gasteiger partial charge in [0.05, 0.1) is 5.92 Å². The molecule has 8 heteroatoms. The molecule has 1 atom stereocenters. The Morgan fingerprint density at radius 3 is 2.92 bits per heavy atom. The van der Waals surface area contributed by atoms with Gasteiger partial charge in [0.15, 0.2) is 11.5 Å². The van der Waals surface area contributed by atoms with E-state index < -0.39 is 11.2 Å². The first-order valence-electron chi connectivity index (χ1n) is 8.47. The molecule has 1 saturated heterocycles. The molecule has 1 aliphatic rings. The first-order valence-corrected chi connectivity index (χ1v) is 8.47. The van der Waals surface area contributed by atoms with Crippen molar-refractivity contribution in [1.29, 1.82) is 0 Å². The zero-order valence-electron chi connectivity index (χ0n) is 14.3. The number of carbonyl (C=O) groups is 1. The average molecular weight is 354 g/mol. The molecule has 8 nitrogen and oxygen atoms in total. The molecule has 3 aromatic rings. The number of aromatic nitrogens is 3. The molecule has 1 aliphatic heterocycles. The maximum atomic E-state index is 12.8. The summed E-state index contributed by atoms with van der Waals surface area (Å²) in [7, 11) is 1.49. The molecule has 1 fully saturated rings. The molecule has 1 N–H and O–H groups in total. The third kappa shape index (κ3) is 2.83. The van der Waals surface area contributed by atoms with Crippen LogP contribution in [-0.4, -0.2) is 38.4 Å². The Hall–Kier alpha value is -3.16. The Balaban J connectivity index is 1.60. The smallest absolute Gasteiger partial charge is 0.328 e. The molecule has 0 aliphatic carbocycles. The van der Waals surface area contributed by atoms with Crippen LogP contribution in [0.15, 0.2) is 44.5 Å². The van der Waals surface area contributed by atoms with E-state index in [9.17, 15) is 14.4 Å². The molecule has 1 amide bonds. The van der Waals surface area contributed by atoms with Crippen LogP contribution in [-0.2, 0) is 7.05 Å². The molecule has 3 heterocycles. The lowest BCUT2D eigenvalue weighted by atomic mass is 9.97. The molecule has 0 spiro atoms. The number of H-pyrrole nitrogens is 1. The summed E-state index contributed by atoms with van der Waals surface area (Å²) < 4.78 is 7.03. The van der Waals surface area contributed by atoms with Crippen molar-refractivity contribution in [2.75, 3.05) is 13.1 Å². The van der Waals surface area contributed by atoms with Crippen LogP contribution in [0.1, 0.15) is 35.0 Å². The van der Waals surface area contributed by atoms with Crippen molar-refractivity contribution in [3.8, 4) is 0 Å². The number of rotatable bonds is 2. The van der Waals surface area contributed by atoms with E-state index in [1.807, 2.05) is 24.3 Å². The molecular weight excluding hydrogens is 336 g/mol. The monoisotopic (exact) mass is 354 g/mol. The molecule has 1 unspecified atom stereocenters. The van der Waals surface area contributed by atoms with Gasteiger partial charge in [-0.05, 0) is 25.0 Å². The van der Waals surface area contributed by atoms with Crippen LogP contribution in [0.3, 0.4) is 0 Å². The number of oxazole rings is 1. The minimum absolute atomic E-state index is 0.0216. The van der Waals surface area contributed by atoms with Gasteiger partial charge in [0, 0.05) is 26.3 Å². The number of amides is 1. The van der Waals surface area contributed by atoms with Gasteiger partial charge in [-0.1, -0.05) is 12.1 Å². The lowest BCUT2D eigenvalue weighted by molar-refractivity contribution is 0.0696. The number of nitrogens with zero attached hydrogens (tertiary/aromatic N) is 3. The van der Waals surface area contributed by atoms with E-state index in [4.69, 9.17) is 4.42 Å². The Labute approximate surface area is 148 Å². The highest BCUT2D eigenvalue weighted by atomic mass is 16.3. The number of nitrogens with one attached hydrogen (secondary N) is 1. The van der Waals surface area contributed by atoms with Crippen molar-refractivity contribution in [2.45, 2.75) is 18.8 Å². The normalized spacial score (nSPS) is 17.6. The van der Waals surface area contributed by atoms with Crippen molar-refractivity contribution in [3.05, 3.63) is 62.8 Å². The fourth-order valence-electron chi connectivity index (χ4n) is 3.31. The van der Waals surface area contributed by atoms with Crippen molar-refractivity contribution in [1.82, 2.24) is 19.4 Å². The summed E-state index contributed by atoms with van der Waals surface area (Å²) in [4.78, 5) is 44.6. The highest BCUT2D eigenvalue weighted by Gasteiger charge is 2.29. The maximum Gasteiger partial charge on any atom is 0.328 e. The van der Waals surface area contributed by atoms with Crippen LogP contribution in [0, 0.1) is 0 Å². The zero-order valence-corrected chi connectivity index (χ0v) is 14.3. The van der Waals surface area contributed by atoms with Gasteiger partial charge >= 0.3 is 5.69 Å². The summed E-state index contributed by atoms with van der Waals surface area (Å²) in [6.45, 7) is 0.978. The van der Waals surface area contributed by atoms with Crippen LogP contribution < -0.4 is 11.2 Å². The number of hydrogen-bond donors (Lipinski definition) is 1. The summed E-state index contributed by atoms with van der Waals surface area (Å²) in [5.41, 5.74) is 0.267.